The minimum atomic E-state index is -0.523. The van der Waals surface area contributed by atoms with Gasteiger partial charge >= 0.3 is 6.09 Å². The second kappa shape index (κ2) is 6.77. The van der Waals surface area contributed by atoms with E-state index in [0.717, 1.165) is 16.5 Å². The smallest absolute Gasteiger partial charge is 0.410 e. The van der Waals surface area contributed by atoms with Gasteiger partial charge in [-0.3, -0.25) is 0 Å². The van der Waals surface area contributed by atoms with Crippen molar-refractivity contribution in [3.8, 4) is 0 Å². The lowest BCUT2D eigenvalue weighted by Gasteiger charge is -2.39. The molecule has 1 saturated heterocycles. The molecule has 1 fully saturated rings. The average Bonchev–Trinajstić information content (AvgIpc) is 2.36. The van der Waals surface area contributed by atoms with Crippen LogP contribution in [0.2, 0.25) is 5.02 Å². The van der Waals surface area contributed by atoms with Gasteiger partial charge in [-0.2, -0.15) is 0 Å². The Morgan fingerprint density at radius 3 is 2.73 bits per heavy atom. The Kier molecular flexibility index (Phi) is 5.41. The maximum absolute atomic E-state index is 12.5. The molecule has 2 unspecified atom stereocenters. The van der Waals surface area contributed by atoms with Crippen molar-refractivity contribution in [2.45, 2.75) is 51.3 Å². The number of nitrogens with zero attached hydrogens (tertiary/aromatic N) is 1. The first kappa shape index (κ1) is 17.6. The minimum Gasteiger partial charge on any atom is -0.444 e. The number of likely N-dealkylation sites (tertiary alicyclic amines) is 1. The summed E-state index contributed by atoms with van der Waals surface area (Å²) in [6.07, 6.45) is 1.13. The Bertz CT molecular complexity index is 560. The van der Waals surface area contributed by atoms with Gasteiger partial charge in [-0.05, 0) is 51.3 Å². The van der Waals surface area contributed by atoms with E-state index >= 15 is 0 Å². The van der Waals surface area contributed by atoms with Gasteiger partial charge in [0.1, 0.15) is 5.60 Å². The van der Waals surface area contributed by atoms with Crippen molar-refractivity contribution in [3.63, 3.8) is 0 Å². The highest BCUT2D eigenvalue weighted by molar-refractivity contribution is 9.10. The molecule has 1 aliphatic heterocycles. The van der Waals surface area contributed by atoms with E-state index in [0.29, 0.717) is 18.0 Å². The lowest BCUT2D eigenvalue weighted by atomic mass is 9.92. The second-order valence-corrected chi connectivity index (χ2v) is 7.96. The first-order chi connectivity index (χ1) is 10.2. The number of hydrogen-bond donors (Lipinski definition) is 1. The van der Waals surface area contributed by atoms with Gasteiger partial charge in [0.25, 0.3) is 0 Å². The number of piperidine rings is 1. The van der Waals surface area contributed by atoms with Crippen LogP contribution >= 0.6 is 27.5 Å². The van der Waals surface area contributed by atoms with E-state index in [1.165, 1.54) is 0 Å². The van der Waals surface area contributed by atoms with Crippen LogP contribution < -0.4 is 5.73 Å². The molecule has 0 aliphatic carbocycles. The van der Waals surface area contributed by atoms with Crippen molar-refractivity contribution in [1.82, 2.24) is 4.90 Å². The molecule has 6 heteroatoms. The standard InChI is InChI=1S/C16H22BrClN2O2/c1-16(2,3)22-15(21)20-7-6-11(19)9-14(20)12-5-4-10(17)8-13(12)18/h4-5,8,11,14H,6-7,9,19H2,1-3H3. The zero-order valence-corrected chi connectivity index (χ0v) is 15.4. The number of ether oxygens (including phenoxy) is 1. The lowest BCUT2D eigenvalue weighted by molar-refractivity contribution is 0.00799. The molecule has 1 heterocycles. The van der Waals surface area contributed by atoms with Gasteiger partial charge < -0.3 is 15.4 Å². The fourth-order valence-corrected chi connectivity index (χ4v) is 3.40. The third-order valence-corrected chi connectivity index (χ3v) is 4.41. The van der Waals surface area contributed by atoms with Crippen LogP contribution in [0.25, 0.3) is 0 Å². The number of hydrogen-bond acceptors (Lipinski definition) is 3. The number of carbonyl (C=O) groups excluding carboxylic acids is 1. The third-order valence-electron chi connectivity index (χ3n) is 3.59. The van der Waals surface area contributed by atoms with Crippen molar-refractivity contribution in [2.75, 3.05) is 6.54 Å². The summed E-state index contributed by atoms with van der Waals surface area (Å²) >= 11 is 9.77. The van der Waals surface area contributed by atoms with E-state index in [1.54, 1.807) is 4.90 Å². The predicted molar refractivity (Wildman–Crippen MR) is 92.0 cm³/mol. The molecule has 22 heavy (non-hydrogen) atoms. The van der Waals surface area contributed by atoms with Gasteiger partial charge in [-0.15, -0.1) is 0 Å². The first-order valence-corrected chi connectivity index (χ1v) is 8.54. The number of benzene rings is 1. The quantitative estimate of drug-likeness (QED) is 0.769. The van der Waals surface area contributed by atoms with Gasteiger partial charge in [-0.25, -0.2) is 4.79 Å². The van der Waals surface area contributed by atoms with E-state index < -0.39 is 5.60 Å². The molecule has 1 aromatic rings. The van der Waals surface area contributed by atoms with Gasteiger partial charge in [0.2, 0.25) is 0 Å². The van der Waals surface area contributed by atoms with E-state index in [1.807, 2.05) is 39.0 Å². The van der Waals surface area contributed by atoms with Crippen LogP contribution in [0.3, 0.4) is 0 Å². The summed E-state index contributed by atoms with van der Waals surface area (Å²) in [5, 5.41) is 0.627. The molecule has 2 N–H and O–H groups in total. The SMILES string of the molecule is CC(C)(C)OC(=O)N1CCC(N)CC1c1ccc(Br)cc1Cl. The normalized spacial score (nSPS) is 22.5. The summed E-state index contributed by atoms with van der Waals surface area (Å²) in [4.78, 5) is 14.2. The molecule has 0 saturated carbocycles. The summed E-state index contributed by atoms with van der Waals surface area (Å²) in [5.74, 6) is 0. The molecule has 1 aliphatic rings. The lowest BCUT2D eigenvalue weighted by Crippen LogP contribution is -2.46. The van der Waals surface area contributed by atoms with Crippen molar-refractivity contribution in [2.24, 2.45) is 5.73 Å². The zero-order valence-electron chi connectivity index (χ0n) is 13.1. The van der Waals surface area contributed by atoms with E-state index in [2.05, 4.69) is 15.9 Å². The Balaban J connectivity index is 2.29. The van der Waals surface area contributed by atoms with Crippen LogP contribution in [0.15, 0.2) is 22.7 Å². The highest BCUT2D eigenvalue weighted by atomic mass is 79.9. The van der Waals surface area contributed by atoms with Crippen LogP contribution in [0.4, 0.5) is 4.79 Å². The topological polar surface area (TPSA) is 55.6 Å². The molecule has 0 bridgehead atoms. The maximum Gasteiger partial charge on any atom is 0.410 e. The number of halogens is 2. The Morgan fingerprint density at radius 1 is 1.45 bits per heavy atom. The van der Waals surface area contributed by atoms with Crippen LogP contribution in [-0.2, 0) is 4.74 Å². The minimum absolute atomic E-state index is 0.0587. The predicted octanol–water partition coefficient (Wildman–Crippen LogP) is 4.50. The Morgan fingerprint density at radius 2 is 2.14 bits per heavy atom. The number of nitrogens with two attached hydrogens (primary N) is 1. The molecular formula is C16H22BrClN2O2. The largest absolute Gasteiger partial charge is 0.444 e. The highest BCUT2D eigenvalue weighted by Crippen LogP contribution is 2.36. The molecule has 2 rings (SSSR count). The number of rotatable bonds is 1. The molecule has 2 atom stereocenters. The highest BCUT2D eigenvalue weighted by Gasteiger charge is 2.34. The zero-order chi connectivity index (χ0) is 16.5. The maximum atomic E-state index is 12.5. The van der Waals surface area contributed by atoms with Gasteiger partial charge in [-0.1, -0.05) is 33.6 Å². The summed E-state index contributed by atoms with van der Waals surface area (Å²) in [7, 11) is 0. The Labute approximate surface area is 145 Å². The first-order valence-electron chi connectivity index (χ1n) is 7.37. The molecule has 1 amide bonds. The number of amides is 1. The third kappa shape index (κ3) is 4.37. The van der Waals surface area contributed by atoms with E-state index in [-0.39, 0.29) is 18.2 Å². The van der Waals surface area contributed by atoms with Crippen molar-refractivity contribution < 1.29 is 9.53 Å². The number of carbonyl (C=O) groups is 1. The molecular weight excluding hydrogens is 368 g/mol. The Hall–Kier alpha value is -0.780. The molecule has 122 valence electrons. The summed E-state index contributed by atoms with van der Waals surface area (Å²) in [6, 6.07) is 5.60. The molecule has 0 aromatic heterocycles. The fourth-order valence-electron chi connectivity index (χ4n) is 2.60. The average molecular weight is 390 g/mol. The van der Waals surface area contributed by atoms with Crippen LogP contribution in [0.5, 0.6) is 0 Å². The second-order valence-electron chi connectivity index (χ2n) is 6.64. The van der Waals surface area contributed by atoms with Crippen molar-refractivity contribution >= 4 is 33.6 Å². The van der Waals surface area contributed by atoms with Gasteiger partial charge in [0.05, 0.1) is 6.04 Å². The molecule has 0 spiro atoms. The van der Waals surface area contributed by atoms with Crippen LogP contribution in [0, 0.1) is 0 Å². The summed E-state index contributed by atoms with van der Waals surface area (Å²) in [6.45, 7) is 6.17. The van der Waals surface area contributed by atoms with Crippen LogP contribution in [0.1, 0.15) is 45.2 Å². The van der Waals surface area contributed by atoms with Gasteiger partial charge in [0.15, 0.2) is 0 Å². The van der Waals surface area contributed by atoms with Crippen LogP contribution in [-0.4, -0.2) is 29.2 Å². The fraction of sp³-hybridized carbons (Fsp3) is 0.562. The van der Waals surface area contributed by atoms with E-state index in [9.17, 15) is 4.79 Å². The monoisotopic (exact) mass is 388 g/mol. The molecule has 0 radical (unpaired) electrons. The van der Waals surface area contributed by atoms with E-state index in [4.69, 9.17) is 22.1 Å². The summed E-state index contributed by atoms with van der Waals surface area (Å²) in [5.41, 5.74) is 6.49. The van der Waals surface area contributed by atoms with Crippen molar-refractivity contribution in [1.29, 1.82) is 0 Å². The molecule has 4 nitrogen and oxygen atoms in total. The van der Waals surface area contributed by atoms with Gasteiger partial charge in [0, 0.05) is 22.1 Å². The van der Waals surface area contributed by atoms with Crippen molar-refractivity contribution in [3.05, 3.63) is 33.3 Å². The summed E-state index contributed by atoms with van der Waals surface area (Å²) < 4.78 is 6.43. The molecule has 1 aromatic carbocycles.